The average molecular weight is 448 g/mol. The number of hydrogen-bond acceptors (Lipinski definition) is 4. The first kappa shape index (κ1) is 22.1. The topological polar surface area (TPSA) is 54.3 Å². The number of rotatable bonds is 4. The summed E-state index contributed by atoms with van der Waals surface area (Å²) < 4.78 is 26.4. The van der Waals surface area contributed by atoms with Crippen LogP contribution in [-0.4, -0.2) is 44.3 Å². The van der Waals surface area contributed by atoms with E-state index in [9.17, 15) is 8.42 Å². The predicted molar refractivity (Wildman–Crippen MR) is 134 cm³/mol. The summed E-state index contributed by atoms with van der Waals surface area (Å²) in [4.78, 5) is 2.14. The van der Waals surface area contributed by atoms with Gasteiger partial charge in [-0.3, -0.25) is 0 Å². The molecule has 1 aliphatic heterocycles. The SMILES string of the molecule is CCS(=O)(=O)n1c(N2CCNCC2)cc2ccccc21.c1ccc(-c2ccccc2)cc1. The highest BCUT2D eigenvalue weighted by Crippen LogP contribution is 2.29. The van der Waals surface area contributed by atoms with Gasteiger partial charge in [-0.15, -0.1) is 0 Å². The number of nitrogens with one attached hydrogen (secondary N) is 1. The molecule has 0 spiro atoms. The lowest BCUT2D eigenvalue weighted by atomic mass is 10.1. The molecule has 1 fully saturated rings. The highest BCUT2D eigenvalue weighted by molar-refractivity contribution is 7.90. The van der Waals surface area contributed by atoms with E-state index < -0.39 is 10.0 Å². The van der Waals surface area contributed by atoms with Crippen LogP contribution in [0.25, 0.3) is 22.0 Å². The summed E-state index contributed by atoms with van der Waals surface area (Å²) in [5, 5.41) is 4.26. The van der Waals surface area contributed by atoms with Gasteiger partial charge in [0.1, 0.15) is 5.82 Å². The molecule has 5 nitrogen and oxygen atoms in total. The van der Waals surface area contributed by atoms with Gasteiger partial charge < -0.3 is 10.2 Å². The minimum atomic E-state index is -3.31. The third-order valence-electron chi connectivity index (χ3n) is 5.61. The number of para-hydroxylation sites is 1. The largest absolute Gasteiger partial charge is 0.355 e. The number of anilines is 1. The van der Waals surface area contributed by atoms with Crippen LogP contribution in [0.1, 0.15) is 6.92 Å². The zero-order chi connectivity index (χ0) is 22.4. The van der Waals surface area contributed by atoms with Crippen molar-refractivity contribution in [1.82, 2.24) is 9.29 Å². The monoisotopic (exact) mass is 447 g/mol. The molecule has 0 atom stereocenters. The van der Waals surface area contributed by atoms with Crippen LogP contribution in [0.3, 0.4) is 0 Å². The lowest BCUT2D eigenvalue weighted by molar-refractivity contribution is 0.573. The summed E-state index contributed by atoms with van der Waals surface area (Å²) in [5.41, 5.74) is 3.32. The summed E-state index contributed by atoms with van der Waals surface area (Å²) in [6, 6.07) is 30.4. The van der Waals surface area contributed by atoms with Gasteiger partial charge in [0.2, 0.25) is 10.0 Å². The summed E-state index contributed by atoms with van der Waals surface area (Å²) in [7, 11) is -3.31. The maximum Gasteiger partial charge on any atom is 0.240 e. The minimum Gasteiger partial charge on any atom is -0.355 e. The first-order valence-corrected chi connectivity index (χ1v) is 12.6. The Labute approximate surface area is 190 Å². The minimum absolute atomic E-state index is 0.102. The second-order valence-electron chi connectivity index (χ2n) is 7.70. The second-order valence-corrected chi connectivity index (χ2v) is 9.80. The van der Waals surface area contributed by atoms with Gasteiger partial charge in [0.05, 0.1) is 11.3 Å². The fraction of sp³-hybridized carbons (Fsp3) is 0.231. The Kier molecular flexibility index (Phi) is 6.93. The predicted octanol–water partition coefficient (Wildman–Crippen LogP) is 4.60. The Bertz CT molecular complexity index is 1210. The van der Waals surface area contributed by atoms with Crippen molar-refractivity contribution >= 4 is 26.7 Å². The van der Waals surface area contributed by atoms with Crippen molar-refractivity contribution in [3.05, 3.63) is 91.0 Å². The number of hydrogen-bond donors (Lipinski definition) is 1. The number of fused-ring (bicyclic) bond motifs is 1. The summed E-state index contributed by atoms with van der Waals surface area (Å²) in [6.45, 7) is 5.11. The number of aromatic nitrogens is 1. The zero-order valence-corrected chi connectivity index (χ0v) is 19.1. The van der Waals surface area contributed by atoms with Gasteiger partial charge >= 0.3 is 0 Å². The van der Waals surface area contributed by atoms with Crippen molar-refractivity contribution in [2.24, 2.45) is 0 Å². The molecule has 1 N–H and O–H groups in total. The van der Waals surface area contributed by atoms with Crippen LogP contribution < -0.4 is 10.2 Å². The summed E-state index contributed by atoms with van der Waals surface area (Å²) in [5.74, 6) is 0.889. The van der Waals surface area contributed by atoms with Crippen LogP contribution in [-0.2, 0) is 10.0 Å². The van der Waals surface area contributed by atoms with E-state index in [0.29, 0.717) is 0 Å². The van der Waals surface area contributed by atoms with Crippen molar-refractivity contribution in [2.75, 3.05) is 36.8 Å². The molecule has 3 aromatic carbocycles. The smallest absolute Gasteiger partial charge is 0.240 e. The van der Waals surface area contributed by atoms with Crippen molar-refractivity contribution in [3.63, 3.8) is 0 Å². The molecule has 5 rings (SSSR count). The van der Waals surface area contributed by atoms with E-state index in [1.54, 1.807) is 6.92 Å². The van der Waals surface area contributed by atoms with Crippen LogP contribution >= 0.6 is 0 Å². The van der Waals surface area contributed by atoms with Crippen LogP contribution in [0, 0.1) is 0 Å². The Morgan fingerprint density at radius 2 is 1.31 bits per heavy atom. The van der Waals surface area contributed by atoms with Gasteiger partial charge in [-0.2, -0.15) is 0 Å². The molecule has 0 unspecified atom stereocenters. The van der Waals surface area contributed by atoms with Gasteiger partial charge in [-0.25, -0.2) is 12.4 Å². The van der Waals surface area contributed by atoms with E-state index in [4.69, 9.17) is 0 Å². The lowest BCUT2D eigenvalue weighted by Crippen LogP contribution is -2.44. The van der Waals surface area contributed by atoms with Gasteiger partial charge in [-0.05, 0) is 30.2 Å². The molecule has 4 aromatic rings. The van der Waals surface area contributed by atoms with Crippen LogP contribution in [0.15, 0.2) is 91.0 Å². The van der Waals surface area contributed by atoms with Gasteiger partial charge in [0.25, 0.3) is 0 Å². The molecule has 1 saturated heterocycles. The van der Waals surface area contributed by atoms with E-state index in [1.165, 1.54) is 15.1 Å². The standard InChI is InChI=1S/C14H19N3O2S.C12H10/c1-2-20(18,19)17-13-6-4-3-5-12(13)11-14(17)16-9-7-15-8-10-16;1-3-7-11(8-4-1)12-9-5-2-6-10-12/h3-6,11,15H,2,7-10H2,1H3;1-10H. The molecule has 166 valence electrons. The van der Waals surface area contributed by atoms with E-state index in [1.807, 2.05) is 42.5 Å². The summed E-state index contributed by atoms with van der Waals surface area (Å²) >= 11 is 0. The lowest BCUT2D eigenvalue weighted by Gasteiger charge is -2.30. The highest BCUT2D eigenvalue weighted by Gasteiger charge is 2.23. The summed E-state index contributed by atoms with van der Waals surface area (Å²) in [6.07, 6.45) is 0. The maximum absolute atomic E-state index is 12.5. The van der Waals surface area contributed by atoms with E-state index in [0.717, 1.165) is 42.9 Å². The van der Waals surface area contributed by atoms with Crippen LogP contribution in [0.5, 0.6) is 0 Å². The van der Waals surface area contributed by atoms with Crippen molar-refractivity contribution in [1.29, 1.82) is 0 Å². The van der Waals surface area contributed by atoms with Gasteiger partial charge in [-0.1, -0.05) is 78.9 Å². The van der Waals surface area contributed by atoms with Crippen molar-refractivity contribution in [3.8, 4) is 11.1 Å². The number of nitrogens with zero attached hydrogens (tertiary/aromatic N) is 2. The zero-order valence-electron chi connectivity index (χ0n) is 18.3. The molecule has 0 aliphatic carbocycles. The van der Waals surface area contributed by atoms with Crippen molar-refractivity contribution < 1.29 is 8.42 Å². The second kappa shape index (κ2) is 10.0. The molecule has 2 heterocycles. The number of piperazine rings is 1. The molecule has 6 heteroatoms. The first-order chi connectivity index (χ1) is 15.6. The Morgan fingerprint density at radius 3 is 1.88 bits per heavy atom. The molecule has 32 heavy (non-hydrogen) atoms. The van der Waals surface area contributed by atoms with E-state index in [-0.39, 0.29) is 5.75 Å². The molecule has 0 amide bonds. The first-order valence-electron chi connectivity index (χ1n) is 11.0. The molecule has 0 saturated carbocycles. The maximum atomic E-state index is 12.5. The molecule has 0 radical (unpaired) electrons. The quantitative estimate of drug-likeness (QED) is 0.497. The molecular formula is C26H29N3O2S. The third-order valence-corrected chi connectivity index (χ3v) is 7.28. The van der Waals surface area contributed by atoms with E-state index in [2.05, 4.69) is 58.7 Å². The molecule has 0 bridgehead atoms. The fourth-order valence-corrected chi connectivity index (χ4v) is 5.09. The normalized spacial score (nSPS) is 14.1. The third kappa shape index (κ3) is 4.87. The van der Waals surface area contributed by atoms with Crippen LogP contribution in [0.4, 0.5) is 5.82 Å². The Balaban J connectivity index is 0.000000174. The van der Waals surface area contributed by atoms with Crippen LogP contribution in [0.2, 0.25) is 0 Å². The average Bonchev–Trinajstić information content (AvgIpc) is 3.27. The van der Waals surface area contributed by atoms with Gasteiger partial charge in [0.15, 0.2) is 0 Å². The highest BCUT2D eigenvalue weighted by atomic mass is 32.2. The number of benzene rings is 3. The molecule has 1 aromatic heterocycles. The molecular weight excluding hydrogens is 418 g/mol. The molecule has 1 aliphatic rings. The fourth-order valence-electron chi connectivity index (χ4n) is 3.91. The van der Waals surface area contributed by atoms with Gasteiger partial charge in [0, 0.05) is 31.6 Å². The van der Waals surface area contributed by atoms with Crippen molar-refractivity contribution in [2.45, 2.75) is 6.92 Å². The van der Waals surface area contributed by atoms with E-state index >= 15 is 0 Å². The Morgan fingerprint density at radius 1 is 0.781 bits per heavy atom. The Hall–Kier alpha value is -3.09.